The quantitative estimate of drug-likeness (QED) is 0.562. The lowest BCUT2D eigenvalue weighted by molar-refractivity contribution is -0.384. The molecule has 1 amide bonds. The van der Waals surface area contributed by atoms with Crippen molar-refractivity contribution in [2.75, 3.05) is 17.1 Å². The molecule has 0 aromatic heterocycles. The van der Waals surface area contributed by atoms with E-state index in [-0.39, 0.29) is 35.6 Å². The van der Waals surface area contributed by atoms with E-state index in [1.165, 1.54) is 6.07 Å². The molecule has 0 bridgehead atoms. The average molecular weight is 408 g/mol. The Morgan fingerprint density at radius 1 is 1.35 bits per heavy atom. The number of amides is 1. The van der Waals surface area contributed by atoms with Crippen molar-refractivity contribution in [2.24, 2.45) is 5.73 Å². The first kappa shape index (κ1) is 22.1. The molecule has 0 radical (unpaired) electrons. The summed E-state index contributed by atoms with van der Waals surface area (Å²) >= 11 is 0. The van der Waals surface area contributed by atoms with Crippen LogP contribution in [0.15, 0.2) is 18.2 Å². The van der Waals surface area contributed by atoms with E-state index in [0.29, 0.717) is 4.31 Å². The van der Waals surface area contributed by atoms with Crippen molar-refractivity contribution in [1.29, 1.82) is 0 Å². The van der Waals surface area contributed by atoms with E-state index in [9.17, 15) is 23.3 Å². The van der Waals surface area contributed by atoms with E-state index >= 15 is 0 Å². The SMILES string of the molecule is CS(=O)(=O)N(C(=O)CN)c1ccc([N+](=O)[O-])cc1OC1CCCCC1.Cl. The molecule has 1 aromatic carbocycles. The van der Waals surface area contributed by atoms with E-state index in [0.717, 1.165) is 50.5 Å². The highest BCUT2D eigenvalue weighted by atomic mass is 35.5. The topological polar surface area (TPSA) is 133 Å². The summed E-state index contributed by atoms with van der Waals surface area (Å²) in [6, 6.07) is 3.47. The number of non-ortho nitro benzene ring substituents is 1. The van der Waals surface area contributed by atoms with Gasteiger partial charge in [0.05, 0.1) is 29.9 Å². The first-order valence-electron chi connectivity index (χ1n) is 7.92. The third kappa shape index (κ3) is 5.29. The van der Waals surface area contributed by atoms with Gasteiger partial charge in [-0.15, -0.1) is 12.4 Å². The number of nitrogens with zero attached hydrogens (tertiary/aromatic N) is 2. The molecule has 1 saturated carbocycles. The molecule has 0 unspecified atom stereocenters. The van der Waals surface area contributed by atoms with Crippen LogP contribution in [-0.2, 0) is 14.8 Å². The molecule has 2 N–H and O–H groups in total. The molecule has 11 heteroatoms. The Hall–Kier alpha value is -1.91. The Morgan fingerprint density at radius 2 is 1.96 bits per heavy atom. The molecule has 26 heavy (non-hydrogen) atoms. The van der Waals surface area contributed by atoms with Crippen LogP contribution in [0.3, 0.4) is 0 Å². The van der Waals surface area contributed by atoms with Gasteiger partial charge in [0.1, 0.15) is 5.69 Å². The number of anilines is 1. The Morgan fingerprint density at radius 3 is 2.46 bits per heavy atom. The van der Waals surface area contributed by atoms with Crippen LogP contribution in [0.2, 0.25) is 0 Å². The molecule has 1 fully saturated rings. The third-order valence-corrected chi connectivity index (χ3v) is 5.02. The predicted octanol–water partition coefficient (Wildman–Crippen LogP) is 1.98. The van der Waals surface area contributed by atoms with Gasteiger partial charge < -0.3 is 10.5 Å². The fraction of sp³-hybridized carbons (Fsp3) is 0.533. The molecule has 0 saturated heterocycles. The van der Waals surface area contributed by atoms with E-state index < -0.39 is 27.4 Å². The molecule has 146 valence electrons. The Labute approximate surface area is 158 Å². The molecule has 9 nitrogen and oxygen atoms in total. The van der Waals surface area contributed by atoms with Crippen molar-refractivity contribution in [1.82, 2.24) is 0 Å². The molecule has 2 rings (SSSR count). The minimum Gasteiger partial charge on any atom is -0.488 e. The Kier molecular flexibility index (Phi) is 7.79. The molecule has 1 aliphatic carbocycles. The lowest BCUT2D eigenvalue weighted by Crippen LogP contribution is -2.40. The fourth-order valence-corrected chi connectivity index (χ4v) is 3.77. The number of sulfonamides is 1. The zero-order valence-electron chi connectivity index (χ0n) is 14.3. The second-order valence-corrected chi connectivity index (χ2v) is 7.74. The van der Waals surface area contributed by atoms with Gasteiger partial charge in [-0.2, -0.15) is 0 Å². The monoisotopic (exact) mass is 407 g/mol. The molecule has 1 aliphatic rings. The van der Waals surface area contributed by atoms with Crippen molar-refractivity contribution in [3.63, 3.8) is 0 Å². The molecular weight excluding hydrogens is 386 g/mol. The van der Waals surface area contributed by atoms with Crippen LogP contribution in [-0.4, -0.2) is 38.2 Å². The lowest BCUT2D eigenvalue weighted by Gasteiger charge is -2.27. The summed E-state index contributed by atoms with van der Waals surface area (Å²) in [5, 5.41) is 11.0. The van der Waals surface area contributed by atoms with E-state index in [1.54, 1.807) is 0 Å². The number of carbonyl (C=O) groups is 1. The van der Waals surface area contributed by atoms with Crippen LogP contribution < -0.4 is 14.8 Å². The highest BCUT2D eigenvalue weighted by Crippen LogP contribution is 2.36. The maximum atomic E-state index is 12.1. The summed E-state index contributed by atoms with van der Waals surface area (Å²) in [4.78, 5) is 22.5. The van der Waals surface area contributed by atoms with Gasteiger partial charge in [0.2, 0.25) is 10.0 Å². The number of benzene rings is 1. The highest BCUT2D eigenvalue weighted by Gasteiger charge is 2.29. The van der Waals surface area contributed by atoms with Gasteiger partial charge in [-0.25, -0.2) is 12.7 Å². The number of ether oxygens (including phenoxy) is 1. The Balaban J connectivity index is 0.00000338. The number of hydrogen-bond acceptors (Lipinski definition) is 7. The van der Waals surface area contributed by atoms with Gasteiger partial charge in [0, 0.05) is 6.07 Å². The van der Waals surface area contributed by atoms with Gasteiger partial charge >= 0.3 is 0 Å². The van der Waals surface area contributed by atoms with E-state index in [1.807, 2.05) is 0 Å². The minimum atomic E-state index is -3.97. The second-order valence-electron chi connectivity index (χ2n) is 5.91. The summed E-state index contributed by atoms with van der Waals surface area (Å²) in [6.45, 7) is -0.521. The highest BCUT2D eigenvalue weighted by molar-refractivity contribution is 7.92. The molecule has 1 aromatic rings. The maximum Gasteiger partial charge on any atom is 0.273 e. The lowest BCUT2D eigenvalue weighted by atomic mass is 9.98. The number of rotatable bonds is 6. The normalized spacial score (nSPS) is 15.0. The zero-order valence-corrected chi connectivity index (χ0v) is 15.9. The summed E-state index contributed by atoms with van der Waals surface area (Å²) in [5.74, 6) is -0.849. The van der Waals surface area contributed by atoms with Crippen molar-refractivity contribution in [3.8, 4) is 5.75 Å². The molecule has 0 spiro atoms. The average Bonchev–Trinajstić information content (AvgIpc) is 2.55. The number of nitro groups is 1. The second kappa shape index (κ2) is 9.15. The van der Waals surface area contributed by atoms with Crippen LogP contribution >= 0.6 is 12.4 Å². The van der Waals surface area contributed by atoms with Crippen LogP contribution in [0.4, 0.5) is 11.4 Å². The maximum absolute atomic E-state index is 12.1. The van der Waals surface area contributed by atoms with Crippen LogP contribution in [0.25, 0.3) is 0 Å². The van der Waals surface area contributed by atoms with Crippen molar-refractivity contribution >= 4 is 39.7 Å². The van der Waals surface area contributed by atoms with Gasteiger partial charge in [-0.3, -0.25) is 14.9 Å². The summed E-state index contributed by atoms with van der Waals surface area (Å²) in [5.41, 5.74) is 5.01. The smallest absolute Gasteiger partial charge is 0.273 e. The fourth-order valence-electron chi connectivity index (χ4n) is 2.82. The van der Waals surface area contributed by atoms with E-state index in [4.69, 9.17) is 10.5 Å². The summed E-state index contributed by atoms with van der Waals surface area (Å²) < 4.78 is 30.5. The molecule has 0 aliphatic heterocycles. The zero-order chi connectivity index (χ0) is 18.6. The minimum absolute atomic E-state index is 0. The first-order chi connectivity index (χ1) is 11.7. The number of nitrogens with two attached hydrogens (primary N) is 1. The number of carbonyl (C=O) groups excluding carboxylic acids is 1. The van der Waals surface area contributed by atoms with E-state index in [2.05, 4.69) is 0 Å². The standard InChI is InChI=1S/C15H21N3O6S.ClH/c1-25(22,23)17(15(19)10-16)13-8-7-11(18(20)21)9-14(13)24-12-5-3-2-4-6-12;/h7-9,12H,2-6,10,16H2,1H3;1H. The van der Waals surface area contributed by atoms with Gasteiger partial charge in [0.15, 0.2) is 5.75 Å². The van der Waals surface area contributed by atoms with Gasteiger partial charge in [-0.1, -0.05) is 6.42 Å². The van der Waals surface area contributed by atoms with Gasteiger partial charge in [0.25, 0.3) is 11.6 Å². The van der Waals surface area contributed by atoms with Gasteiger partial charge in [-0.05, 0) is 31.7 Å². The number of hydrogen-bond donors (Lipinski definition) is 1. The summed E-state index contributed by atoms with van der Waals surface area (Å²) in [7, 11) is -3.97. The predicted molar refractivity (Wildman–Crippen MR) is 99.2 cm³/mol. The summed E-state index contributed by atoms with van der Waals surface area (Å²) in [6.07, 6.45) is 5.25. The van der Waals surface area contributed by atoms with Crippen molar-refractivity contribution in [2.45, 2.75) is 38.2 Å². The van der Waals surface area contributed by atoms with Crippen LogP contribution in [0.1, 0.15) is 32.1 Å². The molecule has 0 atom stereocenters. The third-order valence-electron chi connectivity index (χ3n) is 3.95. The van der Waals surface area contributed by atoms with Crippen LogP contribution in [0, 0.1) is 10.1 Å². The number of halogens is 1. The van der Waals surface area contributed by atoms with Crippen molar-refractivity contribution in [3.05, 3.63) is 28.3 Å². The number of nitro benzene ring substituents is 1. The molecule has 0 heterocycles. The largest absolute Gasteiger partial charge is 0.488 e. The molecular formula is C15H22ClN3O6S. The van der Waals surface area contributed by atoms with Crippen molar-refractivity contribution < 1.29 is 22.9 Å². The van der Waals surface area contributed by atoms with Crippen LogP contribution in [0.5, 0.6) is 5.75 Å². The Bertz CT molecular complexity index is 765. The first-order valence-corrected chi connectivity index (χ1v) is 9.77.